The van der Waals surface area contributed by atoms with Gasteiger partial charge in [0.15, 0.2) is 0 Å². The quantitative estimate of drug-likeness (QED) is 0.413. The topological polar surface area (TPSA) is 210 Å². The smallest absolute Gasteiger partial charge is 0.278 e. The summed E-state index contributed by atoms with van der Waals surface area (Å²) in [6.45, 7) is 0.555. The Morgan fingerprint density at radius 2 is 1.74 bits per heavy atom. The standard InChI is InChI=1S/C7H17O13P3/c1-5-3-6(8)7(16-2,18-5)4-17-22(12,13)20-23(14,15)19-21(9,10)11/h5-6,8H,3-4H2,1-2H3,(H,12,13)(H,14,15)(H2,9,10,11)/p-4/t5-,6?,7+/m0/s1. The Morgan fingerprint density at radius 1 is 1.17 bits per heavy atom. The van der Waals surface area contributed by atoms with Crippen molar-refractivity contribution in [2.24, 2.45) is 0 Å². The highest BCUT2D eigenvalue weighted by atomic mass is 31.3. The van der Waals surface area contributed by atoms with E-state index in [4.69, 9.17) is 9.47 Å². The van der Waals surface area contributed by atoms with Crippen molar-refractivity contribution in [2.75, 3.05) is 13.7 Å². The van der Waals surface area contributed by atoms with Gasteiger partial charge in [0.1, 0.15) is 12.7 Å². The molecular weight excluding hydrogens is 385 g/mol. The minimum absolute atomic E-state index is 0.0833. The van der Waals surface area contributed by atoms with Gasteiger partial charge in [-0.25, -0.2) is 4.31 Å². The van der Waals surface area contributed by atoms with Crippen LogP contribution in [0.2, 0.25) is 0 Å². The molecule has 23 heavy (non-hydrogen) atoms. The lowest BCUT2D eigenvalue weighted by molar-refractivity contribution is -0.339. The lowest BCUT2D eigenvalue weighted by Gasteiger charge is -2.38. The first-order valence-electron chi connectivity index (χ1n) is 5.83. The molecule has 138 valence electrons. The summed E-state index contributed by atoms with van der Waals surface area (Å²) in [5.74, 6) is -1.90. The summed E-state index contributed by atoms with van der Waals surface area (Å²) in [7, 11) is -16.7. The number of ether oxygens (including phenoxy) is 2. The second-order valence-corrected chi connectivity index (χ2v) is 8.72. The van der Waals surface area contributed by atoms with Crippen molar-refractivity contribution in [1.82, 2.24) is 0 Å². The highest BCUT2D eigenvalue weighted by Crippen LogP contribution is 2.60. The maximum absolute atomic E-state index is 11.4. The molecule has 3 unspecified atom stereocenters. The summed E-state index contributed by atoms with van der Waals surface area (Å²) in [6.07, 6.45) is -1.72. The molecule has 0 aromatic carbocycles. The Hall–Kier alpha value is 0.290. The van der Waals surface area contributed by atoms with Crippen LogP contribution in [-0.4, -0.2) is 36.8 Å². The van der Waals surface area contributed by atoms with Crippen LogP contribution in [0.15, 0.2) is 0 Å². The molecule has 1 rings (SSSR count). The van der Waals surface area contributed by atoms with Gasteiger partial charge in [-0.15, -0.1) is 0 Å². The molecule has 1 aliphatic rings. The molecule has 1 saturated heterocycles. The third kappa shape index (κ3) is 6.60. The monoisotopic (exact) mass is 398 g/mol. The minimum Gasteiger partial charge on any atom is -0.790 e. The number of phosphoric ester groups is 1. The van der Waals surface area contributed by atoms with Crippen molar-refractivity contribution in [2.45, 2.75) is 31.3 Å². The fourth-order valence-corrected chi connectivity index (χ4v) is 4.66. The zero-order chi connectivity index (χ0) is 18.1. The molecule has 0 bridgehead atoms. The average molecular weight is 398 g/mol. The number of rotatable bonds is 8. The molecule has 1 heterocycles. The van der Waals surface area contributed by atoms with E-state index in [1.165, 1.54) is 0 Å². The van der Waals surface area contributed by atoms with E-state index in [9.17, 15) is 38.4 Å². The Balaban J connectivity index is 2.74. The fraction of sp³-hybridized carbons (Fsp3) is 1.00. The molecule has 0 aliphatic carbocycles. The highest BCUT2D eigenvalue weighted by molar-refractivity contribution is 7.64. The average Bonchev–Trinajstić information content (AvgIpc) is 2.57. The first-order chi connectivity index (χ1) is 10.2. The molecule has 0 aromatic rings. The molecule has 1 aliphatic heterocycles. The van der Waals surface area contributed by atoms with E-state index in [1.54, 1.807) is 6.92 Å². The van der Waals surface area contributed by atoms with Gasteiger partial charge >= 0.3 is 0 Å². The summed E-state index contributed by atoms with van der Waals surface area (Å²) in [6, 6.07) is 0. The lowest BCUT2D eigenvalue weighted by Crippen LogP contribution is -2.46. The van der Waals surface area contributed by atoms with Crippen molar-refractivity contribution in [3.8, 4) is 0 Å². The second kappa shape index (κ2) is 7.27. The third-order valence-corrected chi connectivity index (χ3v) is 6.28. The maximum Gasteiger partial charge on any atom is 0.278 e. The lowest BCUT2D eigenvalue weighted by atomic mass is 10.1. The highest BCUT2D eigenvalue weighted by Gasteiger charge is 2.48. The second-order valence-electron chi connectivity index (χ2n) is 4.47. The normalized spacial score (nSPS) is 34.0. The summed E-state index contributed by atoms with van der Waals surface area (Å²) in [5.41, 5.74) is 0. The van der Waals surface area contributed by atoms with Crippen LogP contribution in [0.5, 0.6) is 0 Å². The Bertz CT molecular complexity index is 558. The molecular formula is C7H13O13P3-4. The predicted molar refractivity (Wildman–Crippen MR) is 61.9 cm³/mol. The fourth-order valence-electron chi connectivity index (χ4n) is 1.79. The molecule has 0 saturated carbocycles. The van der Waals surface area contributed by atoms with Gasteiger partial charge in [0, 0.05) is 13.5 Å². The number of hydrogen-bond donors (Lipinski definition) is 1. The summed E-state index contributed by atoms with van der Waals surface area (Å²) >= 11 is 0. The van der Waals surface area contributed by atoms with Gasteiger partial charge in [-0.3, -0.25) is 13.4 Å². The van der Waals surface area contributed by atoms with Crippen LogP contribution in [-0.2, 0) is 36.3 Å². The molecule has 0 spiro atoms. The van der Waals surface area contributed by atoms with Gasteiger partial charge in [0.05, 0.1) is 13.9 Å². The maximum atomic E-state index is 11.4. The first kappa shape index (κ1) is 21.3. The van der Waals surface area contributed by atoms with Gasteiger partial charge < -0.3 is 43.2 Å². The van der Waals surface area contributed by atoms with Crippen LogP contribution >= 0.6 is 23.5 Å². The first-order valence-corrected chi connectivity index (χ1v) is 10.2. The van der Waals surface area contributed by atoms with Gasteiger partial charge in [-0.2, -0.15) is 0 Å². The van der Waals surface area contributed by atoms with Crippen molar-refractivity contribution in [3.63, 3.8) is 0 Å². The SMILES string of the molecule is CO[C@]1(COP(=O)([O-])OP(=O)([O-])OP(=O)([O-])[O-])O[C@@H](C)CC1O. The molecule has 0 radical (unpaired) electrons. The molecule has 1 fully saturated rings. The van der Waals surface area contributed by atoms with Crippen LogP contribution < -0.4 is 19.6 Å². The summed E-state index contributed by atoms with van der Waals surface area (Å²) in [5, 5.41) is 9.77. The molecule has 0 aromatic heterocycles. The van der Waals surface area contributed by atoms with E-state index in [2.05, 4.69) is 13.1 Å². The van der Waals surface area contributed by atoms with Gasteiger partial charge in [0.2, 0.25) is 5.79 Å². The van der Waals surface area contributed by atoms with E-state index in [-0.39, 0.29) is 6.42 Å². The van der Waals surface area contributed by atoms with Gasteiger partial charge in [-0.1, -0.05) is 0 Å². The molecule has 0 amide bonds. The number of phosphoric acid groups is 3. The molecule has 13 nitrogen and oxygen atoms in total. The van der Waals surface area contributed by atoms with E-state index in [1.807, 2.05) is 0 Å². The van der Waals surface area contributed by atoms with Gasteiger partial charge in [0.25, 0.3) is 15.6 Å². The Labute approximate surface area is 130 Å². The van der Waals surface area contributed by atoms with Crippen LogP contribution in [0.25, 0.3) is 0 Å². The molecule has 5 atom stereocenters. The number of aliphatic hydroxyl groups is 1. The van der Waals surface area contributed by atoms with Gasteiger partial charge in [-0.05, 0) is 6.92 Å². The third-order valence-electron chi connectivity index (χ3n) is 2.63. The summed E-state index contributed by atoms with van der Waals surface area (Å²) in [4.78, 5) is 42.7. The minimum atomic E-state index is -6.06. The zero-order valence-corrected chi connectivity index (χ0v) is 14.4. The van der Waals surface area contributed by atoms with Crippen LogP contribution in [0.4, 0.5) is 0 Å². The largest absolute Gasteiger partial charge is 0.790 e. The van der Waals surface area contributed by atoms with E-state index >= 15 is 0 Å². The van der Waals surface area contributed by atoms with Crippen LogP contribution in [0.1, 0.15) is 13.3 Å². The summed E-state index contributed by atoms with van der Waals surface area (Å²) < 4.78 is 53.1. The van der Waals surface area contributed by atoms with Crippen LogP contribution in [0.3, 0.4) is 0 Å². The van der Waals surface area contributed by atoms with Crippen LogP contribution in [0, 0.1) is 0 Å². The van der Waals surface area contributed by atoms with E-state index in [0.29, 0.717) is 0 Å². The number of methoxy groups -OCH3 is 1. The molecule has 1 N–H and O–H groups in total. The Morgan fingerprint density at radius 3 is 2.13 bits per heavy atom. The predicted octanol–water partition coefficient (Wildman–Crippen LogP) is -2.69. The van der Waals surface area contributed by atoms with E-state index < -0.39 is 48.1 Å². The van der Waals surface area contributed by atoms with E-state index in [0.717, 1.165) is 7.11 Å². The number of hydrogen-bond acceptors (Lipinski definition) is 13. The zero-order valence-electron chi connectivity index (χ0n) is 11.8. The number of aliphatic hydroxyl groups excluding tert-OH is 1. The van der Waals surface area contributed by atoms with Crippen molar-refractivity contribution in [1.29, 1.82) is 0 Å². The van der Waals surface area contributed by atoms with Crippen molar-refractivity contribution >= 4 is 23.5 Å². The van der Waals surface area contributed by atoms with Crippen molar-refractivity contribution < 1.29 is 61.0 Å². The molecule has 16 heteroatoms. The van der Waals surface area contributed by atoms with Crippen molar-refractivity contribution in [3.05, 3.63) is 0 Å². The Kier molecular flexibility index (Phi) is 6.74.